The molecule has 0 spiro atoms. The highest BCUT2D eigenvalue weighted by Crippen LogP contribution is 2.26. The largest absolute Gasteiger partial charge is 0.452 e. The van der Waals surface area contributed by atoms with Crippen molar-refractivity contribution in [2.75, 3.05) is 12.9 Å². The highest BCUT2D eigenvalue weighted by molar-refractivity contribution is 7.90. The number of likely N-dealkylation sites (tertiary alicyclic amines) is 1. The molecular formula is C17H22N2O7S. The van der Waals surface area contributed by atoms with Crippen molar-refractivity contribution in [3.63, 3.8) is 0 Å². The lowest BCUT2D eigenvalue weighted by Gasteiger charge is -2.38. The first-order valence-electron chi connectivity index (χ1n) is 8.49. The summed E-state index contributed by atoms with van der Waals surface area (Å²) >= 11 is 0. The standard InChI is InChI=1S/C17H22N2O7S/c1-11-5-4-6-12(2)18(11)16(20)10-26-17(21)13-7-8-15(27(3,24)25)14(9-13)19(22)23/h7-9,11-12H,4-6,10H2,1-3H3/t11-,12+. The molecule has 27 heavy (non-hydrogen) atoms. The molecule has 0 bridgehead atoms. The highest BCUT2D eigenvalue weighted by atomic mass is 32.2. The molecule has 0 aliphatic carbocycles. The van der Waals surface area contributed by atoms with Gasteiger partial charge in [-0.15, -0.1) is 0 Å². The SMILES string of the molecule is C[C@@H]1CCC[C@H](C)N1C(=O)COC(=O)c1ccc(S(C)(=O)=O)c([N+](=O)[O-])c1. The van der Waals surface area contributed by atoms with Gasteiger partial charge >= 0.3 is 5.97 Å². The second kappa shape index (κ2) is 8.03. The van der Waals surface area contributed by atoms with Gasteiger partial charge in [0.15, 0.2) is 16.4 Å². The molecule has 2 atom stereocenters. The number of rotatable bonds is 5. The number of sulfone groups is 1. The molecule has 1 saturated heterocycles. The van der Waals surface area contributed by atoms with Crippen LogP contribution in [-0.2, 0) is 19.4 Å². The summed E-state index contributed by atoms with van der Waals surface area (Å²) in [4.78, 5) is 36.0. The van der Waals surface area contributed by atoms with Crippen molar-refractivity contribution < 1.29 is 27.7 Å². The molecule has 0 aromatic heterocycles. The molecule has 1 heterocycles. The molecule has 2 rings (SSSR count). The second-order valence-electron chi connectivity index (χ2n) is 6.72. The number of ether oxygens (including phenoxy) is 1. The van der Waals surface area contributed by atoms with Crippen LogP contribution < -0.4 is 0 Å². The second-order valence-corrected chi connectivity index (χ2v) is 8.70. The zero-order valence-electron chi connectivity index (χ0n) is 15.4. The summed E-state index contributed by atoms with van der Waals surface area (Å²) in [7, 11) is -3.83. The molecule has 0 unspecified atom stereocenters. The van der Waals surface area contributed by atoms with Crippen LogP contribution in [0.5, 0.6) is 0 Å². The number of esters is 1. The Bertz CT molecular complexity index is 856. The third-order valence-corrected chi connectivity index (χ3v) is 5.74. The molecule has 148 valence electrons. The number of hydrogen-bond donors (Lipinski definition) is 0. The zero-order valence-corrected chi connectivity index (χ0v) is 16.2. The fourth-order valence-electron chi connectivity index (χ4n) is 3.30. The molecule has 1 aliphatic rings. The molecule has 1 aromatic carbocycles. The fourth-order valence-corrected chi connectivity index (χ4v) is 4.13. The van der Waals surface area contributed by atoms with E-state index in [9.17, 15) is 28.1 Å². The summed E-state index contributed by atoms with van der Waals surface area (Å²) in [5.74, 6) is -1.26. The molecule has 0 N–H and O–H groups in total. The van der Waals surface area contributed by atoms with Gasteiger partial charge in [-0.3, -0.25) is 14.9 Å². The van der Waals surface area contributed by atoms with Gasteiger partial charge in [0.1, 0.15) is 4.90 Å². The lowest BCUT2D eigenvalue weighted by Crippen LogP contribution is -2.49. The van der Waals surface area contributed by atoms with E-state index in [-0.39, 0.29) is 23.6 Å². The Labute approximate surface area is 157 Å². The molecule has 1 aliphatic heterocycles. The van der Waals surface area contributed by atoms with Gasteiger partial charge in [-0.1, -0.05) is 0 Å². The Kier molecular flexibility index (Phi) is 6.19. The average molecular weight is 398 g/mol. The molecule has 1 aromatic rings. The van der Waals surface area contributed by atoms with Crippen molar-refractivity contribution in [3.05, 3.63) is 33.9 Å². The Hall–Kier alpha value is -2.49. The minimum absolute atomic E-state index is 0.0510. The number of carbonyl (C=O) groups excluding carboxylic acids is 2. The number of piperidine rings is 1. The number of nitrogens with zero attached hydrogens (tertiary/aromatic N) is 2. The molecule has 0 saturated carbocycles. The molecule has 0 radical (unpaired) electrons. The molecule has 10 heteroatoms. The number of carbonyl (C=O) groups is 2. The van der Waals surface area contributed by atoms with E-state index in [0.717, 1.165) is 43.7 Å². The first-order chi connectivity index (χ1) is 12.5. The minimum atomic E-state index is -3.83. The minimum Gasteiger partial charge on any atom is -0.452 e. The number of amides is 1. The normalized spacial score (nSPS) is 20.2. The summed E-state index contributed by atoms with van der Waals surface area (Å²) in [6.45, 7) is 3.39. The van der Waals surface area contributed by atoms with E-state index in [1.807, 2.05) is 13.8 Å². The predicted octanol–water partition coefficient (Wildman–Crippen LogP) is 1.94. The van der Waals surface area contributed by atoms with Gasteiger partial charge < -0.3 is 9.64 Å². The van der Waals surface area contributed by atoms with Crippen LogP contribution in [0, 0.1) is 10.1 Å². The third-order valence-electron chi connectivity index (χ3n) is 4.60. The first kappa shape index (κ1) is 20.8. The van der Waals surface area contributed by atoms with Gasteiger partial charge in [0.2, 0.25) is 0 Å². The number of hydrogen-bond acceptors (Lipinski definition) is 7. The summed E-state index contributed by atoms with van der Waals surface area (Å²) in [6.07, 6.45) is 3.63. The van der Waals surface area contributed by atoms with E-state index in [0.29, 0.717) is 0 Å². The molecule has 1 amide bonds. The van der Waals surface area contributed by atoms with Crippen molar-refractivity contribution in [2.45, 2.75) is 50.1 Å². The van der Waals surface area contributed by atoms with Crippen molar-refractivity contribution in [2.24, 2.45) is 0 Å². The number of nitro groups is 1. The predicted molar refractivity (Wildman–Crippen MR) is 96.1 cm³/mol. The molecule has 9 nitrogen and oxygen atoms in total. The maximum Gasteiger partial charge on any atom is 0.338 e. The van der Waals surface area contributed by atoms with E-state index >= 15 is 0 Å². The van der Waals surface area contributed by atoms with Gasteiger partial charge in [0.25, 0.3) is 11.6 Å². The summed E-state index contributed by atoms with van der Waals surface area (Å²) in [6, 6.07) is 3.06. The van der Waals surface area contributed by atoms with Gasteiger partial charge in [-0.05, 0) is 45.2 Å². The summed E-state index contributed by atoms with van der Waals surface area (Å²) in [5.41, 5.74) is -0.904. The Morgan fingerprint density at radius 1 is 1.26 bits per heavy atom. The maximum absolute atomic E-state index is 12.4. The van der Waals surface area contributed by atoms with Crippen molar-refractivity contribution in [1.82, 2.24) is 4.90 Å². The number of nitro benzene ring substituents is 1. The van der Waals surface area contributed by atoms with Crippen molar-refractivity contribution >= 4 is 27.4 Å². The zero-order chi connectivity index (χ0) is 20.4. The van der Waals surface area contributed by atoms with E-state index in [1.54, 1.807) is 4.90 Å². The van der Waals surface area contributed by atoms with E-state index < -0.39 is 37.9 Å². The van der Waals surface area contributed by atoms with E-state index in [2.05, 4.69) is 0 Å². The van der Waals surface area contributed by atoms with Crippen molar-refractivity contribution in [3.8, 4) is 0 Å². The monoisotopic (exact) mass is 398 g/mol. The van der Waals surface area contributed by atoms with Crippen LogP contribution in [0.4, 0.5) is 5.69 Å². The van der Waals surface area contributed by atoms with Crippen LogP contribution in [0.15, 0.2) is 23.1 Å². The molecule has 1 fully saturated rings. The summed E-state index contributed by atoms with van der Waals surface area (Å²) in [5, 5.41) is 11.1. The van der Waals surface area contributed by atoms with Gasteiger partial charge in [-0.25, -0.2) is 13.2 Å². The van der Waals surface area contributed by atoms with Crippen LogP contribution in [-0.4, -0.2) is 55.1 Å². The quantitative estimate of drug-likeness (QED) is 0.422. The van der Waals surface area contributed by atoms with Crippen LogP contribution in [0.2, 0.25) is 0 Å². The Morgan fingerprint density at radius 2 is 1.85 bits per heavy atom. The molecular weight excluding hydrogens is 376 g/mol. The lowest BCUT2D eigenvalue weighted by molar-refractivity contribution is -0.387. The van der Waals surface area contributed by atoms with Gasteiger partial charge in [-0.2, -0.15) is 0 Å². The van der Waals surface area contributed by atoms with E-state index in [1.165, 1.54) is 0 Å². The first-order valence-corrected chi connectivity index (χ1v) is 10.4. The summed E-state index contributed by atoms with van der Waals surface area (Å²) < 4.78 is 28.2. The number of benzene rings is 1. The maximum atomic E-state index is 12.4. The van der Waals surface area contributed by atoms with Crippen molar-refractivity contribution in [1.29, 1.82) is 0 Å². The Morgan fingerprint density at radius 3 is 2.37 bits per heavy atom. The van der Waals surface area contributed by atoms with Crippen LogP contribution in [0.3, 0.4) is 0 Å². The highest BCUT2D eigenvalue weighted by Gasteiger charge is 2.30. The van der Waals surface area contributed by atoms with Crippen LogP contribution in [0.25, 0.3) is 0 Å². The van der Waals surface area contributed by atoms with Crippen LogP contribution in [0.1, 0.15) is 43.5 Å². The van der Waals surface area contributed by atoms with Gasteiger partial charge in [0, 0.05) is 24.4 Å². The third kappa shape index (κ3) is 4.82. The lowest BCUT2D eigenvalue weighted by atomic mass is 9.97. The van der Waals surface area contributed by atoms with Gasteiger partial charge in [0.05, 0.1) is 10.5 Å². The van der Waals surface area contributed by atoms with Crippen LogP contribution >= 0.6 is 0 Å². The van der Waals surface area contributed by atoms with E-state index in [4.69, 9.17) is 4.74 Å². The fraction of sp³-hybridized carbons (Fsp3) is 0.529. The Balaban J connectivity index is 2.13. The average Bonchev–Trinajstić information content (AvgIpc) is 2.58. The smallest absolute Gasteiger partial charge is 0.338 e. The topological polar surface area (TPSA) is 124 Å².